The van der Waals surface area contributed by atoms with Crippen molar-refractivity contribution >= 4 is 15.7 Å². The van der Waals surface area contributed by atoms with E-state index in [1.807, 2.05) is 13.0 Å². The number of nitrogens with zero attached hydrogens (tertiary/aromatic N) is 1. The molecule has 1 aliphatic rings. The van der Waals surface area contributed by atoms with Crippen LogP contribution in [0.4, 0.5) is 0 Å². The molecule has 1 rings (SSSR count). The number of nitrogens with one attached hydrogen (secondary N) is 1. The lowest BCUT2D eigenvalue weighted by Gasteiger charge is -2.13. The van der Waals surface area contributed by atoms with E-state index in [4.69, 9.17) is 5.26 Å². The van der Waals surface area contributed by atoms with E-state index in [1.165, 1.54) is 0 Å². The van der Waals surface area contributed by atoms with Gasteiger partial charge in [0.15, 0.2) is 9.84 Å². The molecule has 1 amide bonds. The van der Waals surface area contributed by atoms with Gasteiger partial charge < -0.3 is 5.32 Å². The molecule has 0 saturated carbocycles. The molecule has 1 N–H and O–H groups in total. The van der Waals surface area contributed by atoms with Crippen molar-refractivity contribution < 1.29 is 13.2 Å². The zero-order valence-corrected chi connectivity index (χ0v) is 10.1. The number of carbonyl (C=O) groups is 1. The van der Waals surface area contributed by atoms with Crippen molar-refractivity contribution in [1.82, 2.24) is 5.32 Å². The first-order valence-electron chi connectivity index (χ1n) is 5.39. The Labute approximate surface area is 95.7 Å². The summed E-state index contributed by atoms with van der Waals surface area (Å²) in [5, 5.41) is 11.4. The van der Waals surface area contributed by atoms with Gasteiger partial charge in [-0.1, -0.05) is 13.3 Å². The van der Waals surface area contributed by atoms with Crippen LogP contribution in [0, 0.1) is 17.2 Å². The topological polar surface area (TPSA) is 87.0 Å². The molecule has 16 heavy (non-hydrogen) atoms. The van der Waals surface area contributed by atoms with E-state index >= 15 is 0 Å². The van der Waals surface area contributed by atoms with E-state index in [0.717, 1.165) is 6.42 Å². The van der Waals surface area contributed by atoms with Crippen LogP contribution in [-0.4, -0.2) is 31.9 Å². The number of nitriles is 1. The van der Waals surface area contributed by atoms with E-state index in [1.54, 1.807) is 0 Å². The molecule has 1 fully saturated rings. The van der Waals surface area contributed by atoms with Crippen LogP contribution < -0.4 is 5.32 Å². The molecular weight excluding hydrogens is 228 g/mol. The monoisotopic (exact) mass is 244 g/mol. The Hall–Kier alpha value is -1.09. The second-order valence-corrected chi connectivity index (χ2v) is 6.31. The van der Waals surface area contributed by atoms with Crippen molar-refractivity contribution in [2.75, 3.05) is 11.5 Å². The Morgan fingerprint density at radius 1 is 1.62 bits per heavy atom. The van der Waals surface area contributed by atoms with Crippen molar-refractivity contribution in [3.63, 3.8) is 0 Å². The van der Waals surface area contributed by atoms with Crippen molar-refractivity contribution in [1.29, 1.82) is 5.26 Å². The summed E-state index contributed by atoms with van der Waals surface area (Å²) in [5.41, 5.74) is 0. The van der Waals surface area contributed by atoms with Crippen molar-refractivity contribution in [3.05, 3.63) is 0 Å². The molecule has 1 aliphatic heterocycles. The Balaban J connectivity index is 2.51. The van der Waals surface area contributed by atoms with Gasteiger partial charge in [-0.15, -0.1) is 0 Å². The van der Waals surface area contributed by atoms with Crippen LogP contribution in [0.1, 0.15) is 26.2 Å². The van der Waals surface area contributed by atoms with Gasteiger partial charge in [0.25, 0.3) is 0 Å². The average Bonchev–Trinajstić information content (AvgIpc) is 2.58. The van der Waals surface area contributed by atoms with Crippen molar-refractivity contribution in [2.24, 2.45) is 5.92 Å². The number of hydrogen-bond acceptors (Lipinski definition) is 4. The van der Waals surface area contributed by atoms with Crippen LogP contribution in [0.25, 0.3) is 0 Å². The normalized spacial score (nSPS) is 24.6. The lowest BCUT2D eigenvalue weighted by atomic mass is 10.1. The first-order chi connectivity index (χ1) is 7.48. The molecule has 0 aliphatic carbocycles. The number of amides is 1. The maximum absolute atomic E-state index is 11.7. The van der Waals surface area contributed by atoms with Gasteiger partial charge in [0.05, 0.1) is 23.5 Å². The highest BCUT2D eigenvalue weighted by Crippen LogP contribution is 2.18. The van der Waals surface area contributed by atoms with Crippen molar-refractivity contribution in [2.45, 2.75) is 32.2 Å². The summed E-state index contributed by atoms with van der Waals surface area (Å²) in [6.07, 6.45) is 1.78. The molecule has 0 bridgehead atoms. The number of hydrogen-bond donors (Lipinski definition) is 1. The van der Waals surface area contributed by atoms with Gasteiger partial charge in [0, 0.05) is 0 Å². The predicted octanol–water partition coefficient (Wildman–Crippen LogP) is 0.230. The van der Waals surface area contributed by atoms with Gasteiger partial charge in [-0.05, 0) is 12.8 Å². The highest BCUT2D eigenvalue weighted by atomic mass is 32.2. The average molecular weight is 244 g/mol. The van der Waals surface area contributed by atoms with E-state index in [9.17, 15) is 13.2 Å². The first kappa shape index (κ1) is 13.0. The standard InChI is InChI=1S/C10H16N2O3S/c1-2-3-9(6-11)12-10(13)8-4-5-16(14,15)7-8/h8-9H,2-5,7H2,1H3,(H,12,13). The van der Waals surface area contributed by atoms with Gasteiger partial charge in [-0.2, -0.15) is 5.26 Å². The SMILES string of the molecule is CCCC(C#N)NC(=O)C1CCS(=O)(=O)C1. The van der Waals surface area contributed by atoms with E-state index < -0.39 is 21.8 Å². The largest absolute Gasteiger partial charge is 0.340 e. The van der Waals surface area contributed by atoms with E-state index in [0.29, 0.717) is 12.8 Å². The smallest absolute Gasteiger partial charge is 0.225 e. The van der Waals surface area contributed by atoms with E-state index in [2.05, 4.69) is 5.32 Å². The quantitative estimate of drug-likeness (QED) is 0.767. The molecule has 1 heterocycles. The van der Waals surface area contributed by atoms with Crippen LogP contribution in [0.3, 0.4) is 0 Å². The Morgan fingerprint density at radius 3 is 2.75 bits per heavy atom. The predicted molar refractivity (Wildman–Crippen MR) is 59.2 cm³/mol. The zero-order chi connectivity index (χ0) is 12.2. The van der Waals surface area contributed by atoms with Gasteiger partial charge in [-0.25, -0.2) is 8.42 Å². The fourth-order valence-electron chi connectivity index (χ4n) is 1.75. The molecule has 6 heteroatoms. The highest BCUT2D eigenvalue weighted by Gasteiger charge is 2.33. The lowest BCUT2D eigenvalue weighted by Crippen LogP contribution is -2.38. The molecule has 1 saturated heterocycles. The number of carbonyl (C=O) groups excluding carboxylic acids is 1. The fraction of sp³-hybridized carbons (Fsp3) is 0.800. The second-order valence-electron chi connectivity index (χ2n) is 4.08. The van der Waals surface area contributed by atoms with Crippen molar-refractivity contribution in [3.8, 4) is 6.07 Å². The molecule has 0 aromatic rings. The zero-order valence-electron chi connectivity index (χ0n) is 9.27. The van der Waals surface area contributed by atoms with Crippen LogP contribution in [0.15, 0.2) is 0 Å². The summed E-state index contributed by atoms with van der Waals surface area (Å²) in [4.78, 5) is 11.7. The third kappa shape index (κ3) is 3.49. The Bertz CT molecular complexity index is 397. The Kier molecular flexibility index (Phi) is 4.30. The van der Waals surface area contributed by atoms with Crippen LogP contribution in [0.2, 0.25) is 0 Å². The molecule has 0 spiro atoms. The summed E-state index contributed by atoms with van der Waals surface area (Å²) in [7, 11) is -3.04. The minimum atomic E-state index is -3.04. The van der Waals surface area contributed by atoms with Gasteiger partial charge in [-0.3, -0.25) is 4.79 Å². The van der Waals surface area contributed by atoms with Gasteiger partial charge in [0.1, 0.15) is 6.04 Å². The number of rotatable bonds is 4. The summed E-state index contributed by atoms with van der Waals surface area (Å²) in [5.74, 6) is -0.780. The minimum absolute atomic E-state index is 0.0794. The number of sulfone groups is 1. The first-order valence-corrected chi connectivity index (χ1v) is 7.21. The molecule has 0 aromatic heterocycles. The molecule has 0 radical (unpaired) electrons. The summed E-state index contributed by atoms with van der Waals surface area (Å²) < 4.78 is 22.4. The summed E-state index contributed by atoms with van der Waals surface area (Å²) in [6, 6.07) is 1.50. The second kappa shape index (κ2) is 5.30. The molecule has 90 valence electrons. The van der Waals surface area contributed by atoms with Crippen LogP contribution >= 0.6 is 0 Å². The molecular formula is C10H16N2O3S. The molecule has 2 unspecified atom stereocenters. The maximum atomic E-state index is 11.7. The van der Waals surface area contributed by atoms with Crippen LogP contribution in [0.5, 0.6) is 0 Å². The summed E-state index contributed by atoms with van der Waals surface area (Å²) in [6.45, 7) is 1.93. The lowest BCUT2D eigenvalue weighted by molar-refractivity contribution is -0.124. The maximum Gasteiger partial charge on any atom is 0.225 e. The third-order valence-corrected chi connectivity index (χ3v) is 4.42. The third-order valence-electron chi connectivity index (χ3n) is 2.65. The fourth-order valence-corrected chi connectivity index (χ4v) is 3.49. The van der Waals surface area contributed by atoms with Gasteiger partial charge >= 0.3 is 0 Å². The minimum Gasteiger partial charge on any atom is -0.340 e. The van der Waals surface area contributed by atoms with Crippen LogP contribution in [-0.2, 0) is 14.6 Å². The Morgan fingerprint density at radius 2 is 2.31 bits per heavy atom. The molecule has 2 atom stereocenters. The molecule has 5 nitrogen and oxygen atoms in total. The summed E-state index contributed by atoms with van der Waals surface area (Å²) >= 11 is 0. The van der Waals surface area contributed by atoms with E-state index in [-0.39, 0.29) is 17.4 Å². The van der Waals surface area contributed by atoms with Gasteiger partial charge in [0.2, 0.25) is 5.91 Å². The molecule has 0 aromatic carbocycles. The highest BCUT2D eigenvalue weighted by molar-refractivity contribution is 7.91.